The van der Waals surface area contributed by atoms with Crippen molar-refractivity contribution in [2.45, 2.75) is 44.7 Å². The van der Waals surface area contributed by atoms with Crippen molar-refractivity contribution < 1.29 is 4.79 Å². The number of imidazole rings is 1. The van der Waals surface area contributed by atoms with E-state index in [-0.39, 0.29) is 28.8 Å². The van der Waals surface area contributed by atoms with Crippen molar-refractivity contribution in [2.75, 3.05) is 16.0 Å². The van der Waals surface area contributed by atoms with E-state index in [1.165, 1.54) is 16.9 Å². The number of nitrogens with two attached hydrogens (primary N) is 1. The highest BCUT2D eigenvalue weighted by Crippen LogP contribution is 2.26. The number of nitrogens with one attached hydrogen (secondary N) is 3. The molecule has 0 radical (unpaired) electrons. The Kier molecular flexibility index (Phi) is 6.47. The van der Waals surface area contributed by atoms with Crippen molar-refractivity contribution in [3.05, 3.63) is 65.3 Å². The third kappa shape index (κ3) is 5.33. The van der Waals surface area contributed by atoms with Gasteiger partial charge in [0.25, 0.3) is 5.91 Å². The summed E-state index contributed by atoms with van der Waals surface area (Å²) in [5.74, 6) is 0.928. The lowest BCUT2D eigenvalue weighted by Gasteiger charge is -2.27. The van der Waals surface area contributed by atoms with Crippen molar-refractivity contribution in [2.24, 2.45) is 5.73 Å². The van der Waals surface area contributed by atoms with Gasteiger partial charge in [0.15, 0.2) is 11.3 Å². The Bertz CT molecular complexity index is 1350. The fraction of sp³-hybridized carbons (Fsp3) is 0.292. The highest BCUT2D eigenvalue weighted by atomic mass is 35.5. The molecule has 0 saturated heterocycles. The average Bonchev–Trinajstić information content (AvgIpc) is 3.26. The number of hydrogen-bond donors (Lipinski definition) is 4. The number of carbonyl (C=O) groups excluding carboxylic acids is 1. The Morgan fingerprint density at radius 2 is 1.89 bits per heavy atom. The second-order valence-electron chi connectivity index (χ2n) is 8.75. The minimum Gasteiger partial charge on any atom is -0.366 e. The van der Waals surface area contributed by atoms with Crippen LogP contribution in [0.2, 0.25) is 5.15 Å². The normalized spacial score (nSPS) is 17.8. The molecule has 180 valence electrons. The first-order valence-corrected chi connectivity index (χ1v) is 11.9. The number of rotatable bonds is 6. The summed E-state index contributed by atoms with van der Waals surface area (Å²) >= 11 is 5.96. The summed E-state index contributed by atoms with van der Waals surface area (Å²) < 4.78 is 1.53. The molecule has 0 spiro atoms. The number of carbonyl (C=O) groups is 1. The fourth-order valence-electron chi connectivity index (χ4n) is 4.11. The molecule has 4 heterocycles. The van der Waals surface area contributed by atoms with Gasteiger partial charge < -0.3 is 21.7 Å². The average molecular weight is 492 g/mol. The summed E-state index contributed by atoms with van der Waals surface area (Å²) in [6.07, 6.45) is 8.66. The molecule has 5 N–H and O–H groups in total. The molecule has 11 heteroatoms. The molecule has 1 saturated carbocycles. The van der Waals surface area contributed by atoms with Gasteiger partial charge in [-0.25, -0.2) is 19.5 Å². The maximum Gasteiger partial charge on any atom is 0.276 e. The van der Waals surface area contributed by atoms with Crippen molar-refractivity contribution in [1.82, 2.24) is 24.6 Å². The van der Waals surface area contributed by atoms with Gasteiger partial charge in [-0.05, 0) is 56.4 Å². The predicted octanol–water partition coefficient (Wildman–Crippen LogP) is 4.16. The summed E-state index contributed by atoms with van der Waals surface area (Å²) in [4.78, 5) is 26.0. The van der Waals surface area contributed by atoms with E-state index >= 15 is 0 Å². The van der Waals surface area contributed by atoms with Crippen molar-refractivity contribution >= 4 is 46.2 Å². The number of fused-ring (bicyclic) bond motifs is 1. The Labute approximate surface area is 207 Å². The zero-order valence-corrected chi connectivity index (χ0v) is 20.0. The highest BCUT2D eigenvalue weighted by molar-refractivity contribution is 6.29. The summed E-state index contributed by atoms with van der Waals surface area (Å²) in [6, 6.07) is 9.50. The van der Waals surface area contributed by atoms with E-state index < -0.39 is 0 Å². The smallest absolute Gasteiger partial charge is 0.276 e. The first-order chi connectivity index (χ1) is 16.9. The van der Waals surface area contributed by atoms with Crippen LogP contribution in [0.1, 0.15) is 41.7 Å². The Balaban J connectivity index is 1.49. The molecule has 0 bridgehead atoms. The zero-order chi connectivity index (χ0) is 24.4. The molecule has 0 aromatic carbocycles. The summed E-state index contributed by atoms with van der Waals surface area (Å²) in [7, 11) is 0. The van der Waals surface area contributed by atoms with Crippen molar-refractivity contribution in [3.8, 4) is 0 Å². The van der Waals surface area contributed by atoms with Gasteiger partial charge >= 0.3 is 0 Å². The lowest BCUT2D eigenvalue weighted by Crippen LogP contribution is -2.33. The number of amides is 1. The standard InChI is InChI=1S/C24H26ClN9O/c1-14-2-7-21(28-12-14)32-18-11-22(30-16-5-3-15(26)4-6-16)33-34-19(13-29-23(18)34)24(35)31-17-8-9-27-20(25)10-17/h2,7-13,15-16H,3-6,26H2,1H3,(H,28,32)(H,30,33)(H,27,31,35). The lowest BCUT2D eigenvalue weighted by atomic mass is 9.92. The monoisotopic (exact) mass is 491 g/mol. The van der Waals surface area contributed by atoms with E-state index in [0.717, 1.165) is 31.2 Å². The second kappa shape index (κ2) is 9.85. The first kappa shape index (κ1) is 23.0. The van der Waals surface area contributed by atoms with E-state index in [9.17, 15) is 4.79 Å². The SMILES string of the molecule is Cc1ccc(Nc2cc(NC3CCC(N)CC3)nn3c(C(=O)Nc4ccnc(Cl)c4)cnc23)nc1. The number of aryl methyl sites for hydroxylation is 1. The topological polar surface area (TPSA) is 135 Å². The Morgan fingerprint density at radius 1 is 1.06 bits per heavy atom. The van der Waals surface area contributed by atoms with Crippen LogP contribution in [0.15, 0.2) is 48.9 Å². The molecule has 4 aromatic rings. The third-order valence-corrected chi connectivity index (χ3v) is 6.19. The molecule has 0 atom stereocenters. The molecule has 35 heavy (non-hydrogen) atoms. The van der Waals surface area contributed by atoms with Crippen LogP contribution in [0, 0.1) is 6.92 Å². The van der Waals surface area contributed by atoms with Crippen LogP contribution in [0.4, 0.5) is 23.0 Å². The molecule has 10 nitrogen and oxygen atoms in total. The van der Waals surface area contributed by atoms with E-state index in [0.29, 0.717) is 28.7 Å². The summed E-state index contributed by atoms with van der Waals surface area (Å²) in [5, 5.41) is 14.6. The zero-order valence-electron chi connectivity index (χ0n) is 19.2. The Morgan fingerprint density at radius 3 is 2.63 bits per heavy atom. The molecule has 4 aromatic heterocycles. The molecular formula is C24H26ClN9O. The molecule has 1 aliphatic carbocycles. The van der Waals surface area contributed by atoms with Crippen LogP contribution in [0.3, 0.4) is 0 Å². The highest BCUT2D eigenvalue weighted by Gasteiger charge is 2.21. The number of aromatic nitrogens is 5. The van der Waals surface area contributed by atoms with Gasteiger partial charge in [-0.3, -0.25) is 4.79 Å². The van der Waals surface area contributed by atoms with E-state index in [1.807, 2.05) is 25.1 Å². The van der Waals surface area contributed by atoms with Gasteiger partial charge in [-0.1, -0.05) is 17.7 Å². The number of nitrogens with zero attached hydrogens (tertiary/aromatic N) is 5. The first-order valence-electron chi connectivity index (χ1n) is 11.5. The molecule has 1 fully saturated rings. The summed E-state index contributed by atoms with van der Waals surface area (Å²) in [6.45, 7) is 1.98. The molecule has 1 amide bonds. The van der Waals surface area contributed by atoms with Crippen LogP contribution >= 0.6 is 11.6 Å². The summed E-state index contributed by atoms with van der Waals surface area (Å²) in [5.41, 5.74) is 9.11. The van der Waals surface area contributed by atoms with Crippen LogP contribution in [0.25, 0.3) is 5.65 Å². The molecule has 0 aliphatic heterocycles. The maximum atomic E-state index is 13.1. The maximum absolute atomic E-state index is 13.1. The van der Waals surface area contributed by atoms with E-state index in [4.69, 9.17) is 22.4 Å². The number of hydrogen-bond acceptors (Lipinski definition) is 8. The fourth-order valence-corrected chi connectivity index (χ4v) is 4.29. The van der Waals surface area contributed by atoms with Crippen LogP contribution < -0.4 is 21.7 Å². The van der Waals surface area contributed by atoms with Gasteiger partial charge in [-0.2, -0.15) is 0 Å². The quantitative estimate of drug-likeness (QED) is 0.295. The van der Waals surface area contributed by atoms with Gasteiger partial charge in [0, 0.05) is 36.2 Å². The number of anilines is 4. The van der Waals surface area contributed by atoms with Gasteiger partial charge in [-0.15, -0.1) is 5.10 Å². The molecular weight excluding hydrogens is 466 g/mol. The van der Waals surface area contributed by atoms with E-state index in [2.05, 4.69) is 30.9 Å². The van der Waals surface area contributed by atoms with Gasteiger partial charge in [0.2, 0.25) is 0 Å². The Hall–Kier alpha value is -3.76. The largest absolute Gasteiger partial charge is 0.366 e. The van der Waals surface area contributed by atoms with Gasteiger partial charge in [0.1, 0.15) is 16.8 Å². The molecule has 5 rings (SSSR count). The minimum absolute atomic E-state index is 0.249. The van der Waals surface area contributed by atoms with Crippen LogP contribution in [-0.2, 0) is 0 Å². The van der Waals surface area contributed by atoms with Crippen LogP contribution in [0.5, 0.6) is 0 Å². The van der Waals surface area contributed by atoms with Crippen molar-refractivity contribution in [3.63, 3.8) is 0 Å². The van der Waals surface area contributed by atoms with Crippen LogP contribution in [-0.4, -0.2) is 42.6 Å². The second-order valence-corrected chi connectivity index (χ2v) is 9.13. The van der Waals surface area contributed by atoms with Gasteiger partial charge in [0.05, 0.1) is 11.9 Å². The molecule has 0 unspecified atom stereocenters. The predicted molar refractivity (Wildman–Crippen MR) is 136 cm³/mol. The third-order valence-electron chi connectivity index (χ3n) is 5.98. The van der Waals surface area contributed by atoms with E-state index in [1.54, 1.807) is 18.3 Å². The lowest BCUT2D eigenvalue weighted by molar-refractivity contribution is 0.102. The van der Waals surface area contributed by atoms with Crippen molar-refractivity contribution in [1.29, 1.82) is 0 Å². The minimum atomic E-state index is -0.368. The number of halogens is 1. The molecule has 1 aliphatic rings. The number of pyridine rings is 2.